The molecule has 0 saturated carbocycles. The zero-order valence-electron chi connectivity index (χ0n) is 29.4. The zero-order chi connectivity index (χ0) is 37.5. The molecule has 5 nitrogen and oxygen atoms in total. The minimum Gasteiger partial charge on any atom is -0.511 e. The SMILES string of the molecule is CC1(C)CCC(=O)C(c2c(Cl)cc(-c3ccccc3)cc2Cl)=C1O.CCOC(=O)C(C)(C)CCC(=O)Cc1c(Cl)cc(-c2ccccc2)cc1Cl. The Hall–Kier alpha value is -3.61. The van der Waals surface area contributed by atoms with Crippen molar-refractivity contribution in [2.24, 2.45) is 10.8 Å². The molecule has 51 heavy (non-hydrogen) atoms. The van der Waals surface area contributed by atoms with Crippen molar-refractivity contribution < 1.29 is 24.2 Å². The van der Waals surface area contributed by atoms with Crippen molar-refractivity contribution in [1.82, 2.24) is 0 Å². The van der Waals surface area contributed by atoms with E-state index < -0.39 is 10.8 Å². The first-order chi connectivity index (χ1) is 24.1. The Bertz CT molecular complexity index is 1890. The highest BCUT2D eigenvalue weighted by molar-refractivity contribution is 6.41. The van der Waals surface area contributed by atoms with Crippen LogP contribution < -0.4 is 0 Å². The molecule has 1 aliphatic carbocycles. The number of allylic oxidation sites excluding steroid dienone is 2. The number of aliphatic hydroxyl groups excluding tert-OH is 1. The van der Waals surface area contributed by atoms with E-state index in [1.165, 1.54) is 0 Å². The summed E-state index contributed by atoms with van der Waals surface area (Å²) in [5.41, 5.74) is 3.91. The summed E-state index contributed by atoms with van der Waals surface area (Å²) >= 11 is 25.7. The van der Waals surface area contributed by atoms with E-state index in [0.717, 1.165) is 22.3 Å². The van der Waals surface area contributed by atoms with Crippen LogP contribution in [0.5, 0.6) is 0 Å². The fraction of sp³-hybridized carbons (Fsp3) is 0.310. The minimum atomic E-state index is -0.698. The second-order valence-electron chi connectivity index (χ2n) is 13.8. The number of ketones is 2. The molecule has 9 heteroatoms. The van der Waals surface area contributed by atoms with E-state index in [9.17, 15) is 19.5 Å². The first-order valence-electron chi connectivity index (χ1n) is 16.8. The summed E-state index contributed by atoms with van der Waals surface area (Å²) in [5.74, 6) is -0.359. The largest absolute Gasteiger partial charge is 0.511 e. The predicted molar refractivity (Wildman–Crippen MR) is 210 cm³/mol. The number of rotatable bonds is 10. The maximum absolute atomic E-state index is 12.4. The molecule has 0 fully saturated rings. The molecule has 268 valence electrons. The van der Waals surface area contributed by atoms with Gasteiger partial charge < -0.3 is 9.84 Å². The Balaban J connectivity index is 0.000000230. The van der Waals surface area contributed by atoms with Crippen molar-refractivity contribution in [3.8, 4) is 22.3 Å². The molecule has 0 aliphatic heterocycles. The fourth-order valence-corrected chi connectivity index (χ4v) is 7.04. The van der Waals surface area contributed by atoms with Gasteiger partial charge in [0.2, 0.25) is 0 Å². The minimum absolute atomic E-state index is 0.0105. The van der Waals surface area contributed by atoms with Crippen LogP contribution in [0.2, 0.25) is 20.1 Å². The number of Topliss-reactive ketones (excluding diaryl/α,β-unsaturated/α-hetero) is 2. The van der Waals surface area contributed by atoms with Crippen molar-refractivity contribution in [2.75, 3.05) is 6.61 Å². The van der Waals surface area contributed by atoms with Gasteiger partial charge in [-0.15, -0.1) is 0 Å². The van der Waals surface area contributed by atoms with Crippen LogP contribution in [0.4, 0.5) is 0 Å². The topological polar surface area (TPSA) is 80.7 Å². The highest BCUT2D eigenvalue weighted by atomic mass is 35.5. The molecule has 0 saturated heterocycles. The quantitative estimate of drug-likeness (QED) is 0.163. The predicted octanol–water partition coefficient (Wildman–Crippen LogP) is 12.5. The lowest BCUT2D eigenvalue weighted by Gasteiger charge is -2.31. The van der Waals surface area contributed by atoms with Gasteiger partial charge in [-0.05, 0) is 85.7 Å². The zero-order valence-corrected chi connectivity index (χ0v) is 32.4. The fourth-order valence-electron chi connectivity index (χ4n) is 5.74. The highest BCUT2D eigenvalue weighted by Gasteiger charge is 2.36. The first-order valence-corrected chi connectivity index (χ1v) is 18.3. The van der Waals surface area contributed by atoms with Crippen LogP contribution in [0.25, 0.3) is 27.8 Å². The number of hydrogen-bond donors (Lipinski definition) is 1. The van der Waals surface area contributed by atoms with E-state index in [4.69, 9.17) is 51.1 Å². The second-order valence-corrected chi connectivity index (χ2v) is 15.4. The van der Waals surface area contributed by atoms with Gasteiger partial charge in [-0.3, -0.25) is 14.4 Å². The van der Waals surface area contributed by atoms with Crippen molar-refractivity contribution in [3.63, 3.8) is 0 Å². The Kier molecular flexibility index (Phi) is 13.6. The molecule has 0 amide bonds. The van der Waals surface area contributed by atoms with Gasteiger partial charge in [-0.2, -0.15) is 0 Å². The molecule has 0 heterocycles. The molecular weight excluding hydrogens is 726 g/mol. The van der Waals surface area contributed by atoms with Gasteiger partial charge >= 0.3 is 5.97 Å². The Labute approximate surface area is 320 Å². The van der Waals surface area contributed by atoms with E-state index in [1.807, 2.05) is 86.6 Å². The maximum atomic E-state index is 12.4. The average molecular weight is 769 g/mol. The number of halogens is 4. The molecule has 0 spiro atoms. The number of carbonyl (C=O) groups excluding carboxylic acids is 3. The van der Waals surface area contributed by atoms with Crippen LogP contribution in [0.1, 0.15) is 71.4 Å². The van der Waals surface area contributed by atoms with E-state index in [0.29, 0.717) is 57.1 Å². The Morgan fingerprint density at radius 1 is 0.784 bits per heavy atom. The van der Waals surface area contributed by atoms with Gasteiger partial charge in [0.25, 0.3) is 0 Å². The molecule has 0 aromatic heterocycles. The standard InChI is InChI=1S/C22H24Cl2O3.C20H18Cl2O2/c1-4-27-21(26)22(2,3)11-10-17(25)14-18-19(23)12-16(13-20(18)24)15-8-6-5-7-9-15;1-20(2)9-8-16(23)18(19(20)24)17-14(21)10-13(11-15(17)22)12-6-4-3-5-7-12/h5-9,12-13H,4,10-11,14H2,1-3H3;3-7,10-11,24H,8-9H2,1-2H3. The maximum Gasteiger partial charge on any atom is 0.311 e. The van der Waals surface area contributed by atoms with Crippen LogP contribution in [0, 0.1) is 10.8 Å². The number of carbonyl (C=O) groups is 3. The smallest absolute Gasteiger partial charge is 0.311 e. The van der Waals surface area contributed by atoms with Crippen LogP contribution in [-0.2, 0) is 25.5 Å². The Morgan fingerprint density at radius 2 is 1.25 bits per heavy atom. The average Bonchev–Trinajstić information content (AvgIpc) is 3.09. The molecule has 0 unspecified atom stereocenters. The number of benzene rings is 4. The number of ether oxygens (including phenoxy) is 1. The van der Waals surface area contributed by atoms with Gasteiger partial charge in [-0.1, -0.05) is 121 Å². The van der Waals surface area contributed by atoms with Crippen molar-refractivity contribution in [2.45, 2.75) is 66.7 Å². The van der Waals surface area contributed by atoms with E-state index in [-0.39, 0.29) is 41.7 Å². The van der Waals surface area contributed by atoms with Gasteiger partial charge in [0, 0.05) is 40.3 Å². The van der Waals surface area contributed by atoms with Crippen molar-refractivity contribution in [1.29, 1.82) is 0 Å². The summed E-state index contributed by atoms with van der Waals surface area (Å²) in [6.07, 6.45) is 1.81. The van der Waals surface area contributed by atoms with E-state index in [2.05, 4.69) is 0 Å². The summed E-state index contributed by atoms with van der Waals surface area (Å²) in [7, 11) is 0. The molecular formula is C42H42Cl4O5. The number of esters is 1. The summed E-state index contributed by atoms with van der Waals surface area (Å²) in [6.45, 7) is 9.49. The van der Waals surface area contributed by atoms with Crippen molar-refractivity contribution >= 4 is 69.5 Å². The second kappa shape index (κ2) is 17.3. The highest BCUT2D eigenvalue weighted by Crippen LogP contribution is 2.45. The molecule has 4 aromatic carbocycles. The number of hydrogen-bond acceptors (Lipinski definition) is 5. The van der Waals surface area contributed by atoms with E-state index in [1.54, 1.807) is 32.9 Å². The van der Waals surface area contributed by atoms with Crippen LogP contribution in [-0.4, -0.2) is 29.2 Å². The lowest BCUT2D eigenvalue weighted by atomic mass is 9.75. The van der Waals surface area contributed by atoms with Crippen molar-refractivity contribution in [3.05, 3.63) is 122 Å². The van der Waals surface area contributed by atoms with Gasteiger partial charge in [0.15, 0.2) is 5.78 Å². The molecule has 0 atom stereocenters. The normalized spacial score (nSPS) is 14.1. The van der Waals surface area contributed by atoms with Gasteiger partial charge in [0.05, 0.1) is 27.6 Å². The van der Waals surface area contributed by atoms with E-state index >= 15 is 0 Å². The third kappa shape index (κ3) is 10.0. The number of aliphatic hydroxyl groups is 1. The molecule has 1 aliphatic rings. The summed E-state index contributed by atoms with van der Waals surface area (Å²) in [6, 6.07) is 26.8. The Morgan fingerprint density at radius 3 is 1.73 bits per heavy atom. The molecule has 0 bridgehead atoms. The molecule has 4 aromatic rings. The monoisotopic (exact) mass is 766 g/mol. The summed E-state index contributed by atoms with van der Waals surface area (Å²) in [4.78, 5) is 36.8. The third-order valence-electron chi connectivity index (χ3n) is 9.01. The van der Waals surface area contributed by atoms with Gasteiger partial charge in [0.1, 0.15) is 11.5 Å². The lowest BCUT2D eigenvalue weighted by molar-refractivity contribution is -0.153. The molecule has 1 N–H and O–H groups in total. The summed E-state index contributed by atoms with van der Waals surface area (Å²) < 4.78 is 5.06. The summed E-state index contributed by atoms with van der Waals surface area (Å²) in [5, 5.41) is 12.3. The van der Waals surface area contributed by atoms with Gasteiger partial charge in [-0.25, -0.2) is 0 Å². The lowest BCUT2D eigenvalue weighted by Crippen LogP contribution is -2.27. The van der Waals surface area contributed by atoms with Crippen LogP contribution in [0.3, 0.4) is 0 Å². The van der Waals surface area contributed by atoms with Crippen LogP contribution >= 0.6 is 46.4 Å². The first kappa shape index (κ1) is 40.2. The molecule has 0 radical (unpaired) electrons. The third-order valence-corrected chi connectivity index (χ3v) is 10.3. The molecule has 5 rings (SSSR count). The van der Waals surface area contributed by atoms with Crippen LogP contribution in [0.15, 0.2) is 90.7 Å².